The molecule has 2 aliphatic rings. The largest absolute Gasteiger partial charge is 0.545 e. The second kappa shape index (κ2) is 6.84. The minimum Gasteiger partial charge on any atom is -0.545 e. The number of carbonyl (C=O) groups is 2. The van der Waals surface area contributed by atoms with Gasteiger partial charge in [0.2, 0.25) is 0 Å². The number of rotatable bonds is 3. The van der Waals surface area contributed by atoms with Gasteiger partial charge < -0.3 is 9.90 Å². The molecule has 2 fully saturated rings. The molecule has 1 saturated heterocycles. The number of hydrogen-bond donors (Lipinski definition) is 0. The summed E-state index contributed by atoms with van der Waals surface area (Å²) in [6.07, 6.45) is 7.19. The summed E-state index contributed by atoms with van der Waals surface area (Å²) in [5.74, 6) is -1.29. The average molecular weight is 346 g/mol. The number of carbonyl (C=O) groups excluding carboxylic acids is 2. The summed E-state index contributed by atoms with van der Waals surface area (Å²) in [5, 5.41) is 10.9. The Kier molecular flexibility index (Phi) is 4.82. The first-order chi connectivity index (χ1) is 11.1. The molecule has 3 rings (SSSR count). The van der Waals surface area contributed by atoms with Crippen molar-refractivity contribution in [3.63, 3.8) is 0 Å². The lowest BCUT2D eigenvalue weighted by molar-refractivity contribution is -0.255. The van der Waals surface area contributed by atoms with E-state index in [4.69, 9.17) is 12.2 Å². The monoisotopic (exact) mass is 346 g/mol. The van der Waals surface area contributed by atoms with E-state index in [1.165, 1.54) is 30.3 Å². The summed E-state index contributed by atoms with van der Waals surface area (Å²) in [4.78, 5) is 25.9. The van der Waals surface area contributed by atoms with Gasteiger partial charge in [-0.1, -0.05) is 61.4 Å². The van der Waals surface area contributed by atoms with E-state index < -0.39 is 5.97 Å². The smallest absolute Gasteiger partial charge is 0.266 e. The van der Waals surface area contributed by atoms with Crippen LogP contribution in [0.25, 0.3) is 6.08 Å². The second-order valence-corrected chi connectivity index (χ2v) is 7.43. The van der Waals surface area contributed by atoms with Crippen molar-refractivity contribution in [2.75, 3.05) is 0 Å². The molecular weight excluding hydrogens is 330 g/mol. The topological polar surface area (TPSA) is 60.4 Å². The maximum atomic E-state index is 12.7. The summed E-state index contributed by atoms with van der Waals surface area (Å²) >= 11 is 6.67. The third kappa shape index (κ3) is 3.48. The van der Waals surface area contributed by atoms with Crippen molar-refractivity contribution < 1.29 is 14.7 Å². The first-order valence-corrected chi connectivity index (χ1v) is 8.87. The molecule has 0 radical (unpaired) electrons. The minimum absolute atomic E-state index is 0.0641. The molecule has 1 saturated carbocycles. The van der Waals surface area contributed by atoms with E-state index >= 15 is 0 Å². The van der Waals surface area contributed by atoms with Gasteiger partial charge >= 0.3 is 0 Å². The molecule has 1 aromatic rings. The van der Waals surface area contributed by atoms with Crippen LogP contribution < -0.4 is 5.11 Å². The summed E-state index contributed by atoms with van der Waals surface area (Å²) in [6.45, 7) is 0. The Morgan fingerprint density at radius 3 is 2.74 bits per heavy atom. The fourth-order valence-electron chi connectivity index (χ4n) is 3.04. The van der Waals surface area contributed by atoms with Crippen LogP contribution in [0, 0.1) is 0 Å². The predicted molar refractivity (Wildman–Crippen MR) is 92.7 cm³/mol. The minimum atomic E-state index is -1.23. The molecule has 0 unspecified atom stereocenters. The van der Waals surface area contributed by atoms with E-state index in [0.29, 0.717) is 14.8 Å². The zero-order chi connectivity index (χ0) is 16.4. The zero-order valence-electron chi connectivity index (χ0n) is 12.5. The van der Waals surface area contributed by atoms with Gasteiger partial charge in [-0.25, -0.2) is 0 Å². The Labute approximate surface area is 144 Å². The standard InChI is InChI=1S/C17H17NO3S2/c19-15-14(10-11-5-4-6-12(9-11)16(20)21)23-17(22)18(15)13-7-2-1-3-8-13/h4-6,9-10,13H,1-3,7-8H2,(H,20,21)/p-1/b14-10+. The molecule has 0 bridgehead atoms. The van der Waals surface area contributed by atoms with E-state index in [2.05, 4.69) is 0 Å². The summed E-state index contributed by atoms with van der Waals surface area (Å²) in [6, 6.07) is 6.58. The second-order valence-electron chi connectivity index (χ2n) is 5.76. The van der Waals surface area contributed by atoms with Gasteiger partial charge in [-0.05, 0) is 36.1 Å². The highest BCUT2D eigenvalue weighted by Crippen LogP contribution is 2.37. The Morgan fingerprint density at radius 2 is 2.04 bits per heavy atom. The Hall–Kier alpha value is -1.66. The molecule has 1 amide bonds. The molecule has 0 atom stereocenters. The van der Waals surface area contributed by atoms with Crippen molar-refractivity contribution in [2.45, 2.75) is 38.1 Å². The first-order valence-electron chi connectivity index (χ1n) is 7.65. The van der Waals surface area contributed by atoms with Crippen LogP contribution in [-0.4, -0.2) is 27.1 Å². The van der Waals surface area contributed by atoms with Gasteiger partial charge in [-0.3, -0.25) is 9.69 Å². The number of nitrogens with zero attached hydrogens (tertiary/aromatic N) is 1. The number of thiocarbonyl (C=S) groups is 1. The molecule has 23 heavy (non-hydrogen) atoms. The lowest BCUT2D eigenvalue weighted by atomic mass is 9.94. The lowest BCUT2D eigenvalue weighted by Gasteiger charge is -2.29. The van der Waals surface area contributed by atoms with E-state index in [-0.39, 0.29) is 17.5 Å². The Bertz CT molecular complexity index is 693. The highest BCUT2D eigenvalue weighted by atomic mass is 32.2. The third-order valence-electron chi connectivity index (χ3n) is 4.18. The van der Waals surface area contributed by atoms with Crippen LogP contribution in [0.4, 0.5) is 0 Å². The average Bonchev–Trinajstić information content (AvgIpc) is 2.82. The van der Waals surface area contributed by atoms with Gasteiger partial charge in [0, 0.05) is 6.04 Å². The normalized spacial score (nSPS) is 21.2. The Balaban J connectivity index is 1.83. The molecule has 1 aliphatic heterocycles. The van der Waals surface area contributed by atoms with Crippen molar-refractivity contribution >= 4 is 46.3 Å². The van der Waals surface area contributed by atoms with Crippen LogP contribution in [0.1, 0.15) is 48.0 Å². The number of carboxylic acids is 1. The van der Waals surface area contributed by atoms with Gasteiger partial charge in [-0.2, -0.15) is 0 Å². The Morgan fingerprint density at radius 1 is 1.30 bits per heavy atom. The molecule has 1 heterocycles. The van der Waals surface area contributed by atoms with Crippen LogP contribution in [0.5, 0.6) is 0 Å². The van der Waals surface area contributed by atoms with Gasteiger partial charge in [-0.15, -0.1) is 0 Å². The first kappa shape index (κ1) is 16.2. The zero-order valence-corrected chi connectivity index (χ0v) is 14.1. The lowest BCUT2D eigenvalue weighted by Crippen LogP contribution is -2.39. The van der Waals surface area contributed by atoms with E-state index in [1.807, 2.05) is 0 Å². The highest BCUT2D eigenvalue weighted by molar-refractivity contribution is 8.26. The molecule has 1 aliphatic carbocycles. The van der Waals surface area contributed by atoms with Crippen LogP contribution in [0.2, 0.25) is 0 Å². The summed E-state index contributed by atoms with van der Waals surface area (Å²) in [7, 11) is 0. The summed E-state index contributed by atoms with van der Waals surface area (Å²) < 4.78 is 0.601. The number of thioether (sulfide) groups is 1. The summed E-state index contributed by atoms with van der Waals surface area (Å²) in [5.41, 5.74) is 0.761. The van der Waals surface area contributed by atoms with Gasteiger partial charge in [0.1, 0.15) is 4.32 Å². The molecule has 6 heteroatoms. The fraction of sp³-hybridized carbons (Fsp3) is 0.353. The predicted octanol–water partition coefficient (Wildman–Crippen LogP) is 2.58. The fourth-order valence-corrected chi connectivity index (χ4v) is 4.44. The maximum Gasteiger partial charge on any atom is 0.266 e. The van der Waals surface area contributed by atoms with Crippen molar-refractivity contribution in [1.29, 1.82) is 0 Å². The third-order valence-corrected chi connectivity index (χ3v) is 5.51. The molecule has 1 aromatic carbocycles. The molecule has 120 valence electrons. The maximum absolute atomic E-state index is 12.7. The molecule has 0 aromatic heterocycles. The van der Waals surface area contributed by atoms with Crippen LogP contribution in [0.3, 0.4) is 0 Å². The molecule has 4 nitrogen and oxygen atoms in total. The van der Waals surface area contributed by atoms with Crippen molar-refractivity contribution in [1.82, 2.24) is 4.90 Å². The highest BCUT2D eigenvalue weighted by Gasteiger charge is 2.37. The van der Waals surface area contributed by atoms with Gasteiger partial charge in [0.25, 0.3) is 5.91 Å². The van der Waals surface area contributed by atoms with Crippen LogP contribution >= 0.6 is 24.0 Å². The van der Waals surface area contributed by atoms with Crippen molar-refractivity contribution in [3.8, 4) is 0 Å². The van der Waals surface area contributed by atoms with E-state index in [9.17, 15) is 14.7 Å². The molecule has 0 spiro atoms. The van der Waals surface area contributed by atoms with E-state index in [1.54, 1.807) is 23.1 Å². The quantitative estimate of drug-likeness (QED) is 0.622. The van der Waals surface area contributed by atoms with Crippen LogP contribution in [0.15, 0.2) is 29.2 Å². The van der Waals surface area contributed by atoms with Gasteiger partial charge in [0.15, 0.2) is 0 Å². The number of carboxylic acid groups (broad SMARTS) is 1. The van der Waals surface area contributed by atoms with Crippen molar-refractivity contribution in [2.24, 2.45) is 0 Å². The number of aromatic carboxylic acids is 1. The number of benzene rings is 1. The van der Waals surface area contributed by atoms with Gasteiger partial charge in [0.05, 0.1) is 10.9 Å². The van der Waals surface area contributed by atoms with Crippen LogP contribution in [-0.2, 0) is 4.79 Å². The SMILES string of the molecule is O=C([O-])c1cccc(/C=C2/SC(=S)N(C3CCCCC3)C2=O)c1. The van der Waals surface area contributed by atoms with E-state index in [0.717, 1.165) is 25.7 Å². The molecule has 0 N–H and O–H groups in total. The number of hydrogen-bond acceptors (Lipinski definition) is 5. The molecular formula is C17H16NO3S2-. The van der Waals surface area contributed by atoms with Crippen molar-refractivity contribution in [3.05, 3.63) is 40.3 Å². The number of amides is 1.